The predicted octanol–water partition coefficient (Wildman–Crippen LogP) is 3.76. The van der Waals surface area contributed by atoms with Crippen LogP contribution < -0.4 is 0 Å². The molecule has 0 aromatic heterocycles. The molecule has 2 aliphatic heterocycles. The summed E-state index contributed by atoms with van der Waals surface area (Å²) in [5, 5.41) is 0. The Morgan fingerprint density at radius 1 is 1.32 bits per heavy atom. The zero-order valence-corrected chi connectivity index (χ0v) is 16.3. The Kier molecular flexibility index (Phi) is 5.04. The largest absolute Gasteiger partial charge is 0.528 e. The molecule has 0 spiro atoms. The summed E-state index contributed by atoms with van der Waals surface area (Å²) in [6.45, 7) is 4.57. The van der Waals surface area contributed by atoms with E-state index in [-0.39, 0.29) is 11.9 Å². The molecular weight excluding hydrogens is 433 g/mol. The number of carbonyl (C=O) groups excluding carboxylic acids is 2. The number of amides is 1. The summed E-state index contributed by atoms with van der Waals surface area (Å²) < 4.78 is 11.0. The fraction of sp³-hybridized carbons (Fsp3) is 0.368. The highest BCUT2D eigenvalue weighted by molar-refractivity contribution is 14.1. The number of rotatable bonds is 2. The van der Waals surface area contributed by atoms with Gasteiger partial charge < -0.3 is 14.4 Å². The fourth-order valence-electron chi connectivity index (χ4n) is 3.68. The molecule has 1 unspecified atom stereocenters. The molecule has 1 saturated heterocycles. The Morgan fingerprint density at radius 3 is 2.64 bits per heavy atom. The average molecular weight is 451 g/mol. The third-order valence-corrected chi connectivity index (χ3v) is 5.23. The molecule has 0 aliphatic carbocycles. The van der Waals surface area contributed by atoms with E-state index >= 15 is 0 Å². The van der Waals surface area contributed by atoms with Crippen LogP contribution in [0.2, 0.25) is 0 Å². The fourth-order valence-corrected chi connectivity index (χ4v) is 4.61. The van der Waals surface area contributed by atoms with Crippen LogP contribution in [0.1, 0.15) is 36.0 Å². The lowest BCUT2D eigenvalue weighted by Crippen LogP contribution is -2.40. The third-order valence-electron chi connectivity index (χ3n) is 4.61. The van der Waals surface area contributed by atoms with Crippen LogP contribution in [0.4, 0.5) is 4.79 Å². The highest BCUT2D eigenvalue weighted by atomic mass is 127. The smallest absolute Gasteiger partial charge is 0.396 e. The van der Waals surface area contributed by atoms with Crippen LogP contribution in [0, 0.1) is 29.9 Å². The number of piperidine rings is 1. The van der Waals surface area contributed by atoms with Crippen molar-refractivity contribution in [2.24, 2.45) is 0 Å². The molecule has 0 bridgehead atoms. The minimum Gasteiger partial charge on any atom is -0.396 e. The molecule has 0 radical (unpaired) electrons. The quantitative estimate of drug-likeness (QED) is 0.391. The first kappa shape index (κ1) is 17.8. The number of halogens is 1. The predicted molar refractivity (Wildman–Crippen MR) is 101 cm³/mol. The summed E-state index contributed by atoms with van der Waals surface area (Å²) in [4.78, 5) is 26.7. The number of nitrogens with zero attached hydrogens (tertiary/aromatic N) is 1. The molecule has 0 saturated carbocycles. The van der Waals surface area contributed by atoms with Gasteiger partial charge in [0.1, 0.15) is 11.9 Å². The molecule has 1 aromatic carbocycles. The van der Waals surface area contributed by atoms with Crippen molar-refractivity contribution < 1.29 is 19.1 Å². The van der Waals surface area contributed by atoms with Crippen LogP contribution in [-0.2, 0) is 14.3 Å². The van der Waals surface area contributed by atoms with E-state index in [1.807, 2.05) is 32.1 Å². The van der Waals surface area contributed by atoms with Gasteiger partial charge in [0, 0.05) is 10.1 Å². The van der Waals surface area contributed by atoms with Crippen LogP contribution in [-0.4, -0.2) is 29.5 Å². The lowest BCUT2D eigenvalue weighted by molar-refractivity contribution is -0.126. The normalized spacial score (nSPS) is 19.5. The maximum absolute atomic E-state index is 13.1. The number of fused-ring (bicyclic) bond motifs is 1. The Labute approximate surface area is 160 Å². The number of hydrogen-bond acceptors (Lipinski definition) is 4. The molecule has 1 amide bonds. The van der Waals surface area contributed by atoms with Crippen molar-refractivity contribution in [3.05, 3.63) is 38.2 Å². The molecule has 130 valence electrons. The first-order valence-electron chi connectivity index (χ1n) is 8.10. The van der Waals surface area contributed by atoms with Gasteiger partial charge in [-0.1, -0.05) is 6.42 Å². The summed E-state index contributed by atoms with van der Waals surface area (Å²) in [7, 11) is 0. The van der Waals surface area contributed by atoms with Crippen LogP contribution in [0.15, 0.2) is 17.9 Å². The maximum atomic E-state index is 13.1. The van der Waals surface area contributed by atoms with E-state index in [1.54, 1.807) is 4.90 Å². The molecule has 1 aromatic rings. The van der Waals surface area contributed by atoms with Crippen molar-refractivity contribution in [3.63, 3.8) is 0 Å². The number of aryl methyl sites for hydroxylation is 2. The number of ether oxygens (including phenoxy) is 2. The zero-order valence-electron chi connectivity index (χ0n) is 14.1. The summed E-state index contributed by atoms with van der Waals surface area (Å²) in [6, 6.07) is 3.79. The average Bonchev–Trinajstić information content (AvgIpc) is 2.81. The van der Waals surface area contributed by atoms with Gasteiger partial charge in [-0.05, 0) is 84.5 Å². The van der Waals surface area contributed by atoms with Crippen LogP contribution in [0.5, 0.6) is 0 Å². The number of hydrogen-bond donors (Lipinski definition) is 0. The Balaban J connectivity index is 2.15. The van der Waals surface area contributed by atoms with Gasteiger partial charge in [0.25, 0.3) is 5.91 Å². The first-order valence-corrected chi connectivity index (χ1v) is 9.18. The Hall–Kier alpha value is -2.01. The van der Waals surface area contributed by atoms with Crippen LogP contribution >= 0.6 is 22.6 Å². The molecule has 0 N–H and O–H groups in total. The second-order valence-corrected chi connectivity index (χ2v) is 7.48. The van der Waals surface area contributed by atoms with Gasteiger partial charge in [0.15, 0.2) is 0 Å². The van der Waals surface area contributed by atoms with Crippen molar-refractivity contribution in [2.75, 3.05) is 6.54 Å². The van der Waals surface area contributed by atoms with E-state index in [0.29, 0.717) is 17.9 Å². The van der Waals surface area contributed by atoms with Gasteiger partial charge in [-0.25, -0.2) is 4.79 Å². The van der Waals surface area contributed by atoms with Crippen molar-refractivity contribution in [3.8, 4) is 12.5 Å². The maximum Gasteiger partial charge on any atom is 0.528 e. The van der Waals surface area contributed by atoms with Gasteiger partial charge >= 0.3 is 6.16 Å². The van der Waals surface area contributed by atoms with E-state index in [1.165, 1.54) is 0 Å². The van der Waals surface area contributed by atoms with Gasteiger partial charge in [-0.2, -0.15) is 0 Å². The molecule has 5 nitrogen and oxygen atoms in total. The monoisotopic (exact) mass is 451 g/mol. The lowest BCUT2D eigenvalue weighted by atomic mass is 9.94. The number of benzene rings is 1. The Bertz CT molecular complexity index is 798. The highest BCUT2D eigenvalue weighted by Gasteiger charge is 2.44. The molecule has 2 aliphatic rings. The van der Waals surface area contributed by atoms with Crippen molar-refractivity contribution in [1.82, 2.24) is 4.90 Å². The van der Waals surface area contributed by atoms with Gasteiger partial charge in [0.05, 0.1) is 11.6 Å². The van der Waals surface area contributed by atoms with E-state index in [4.69, 9.17) is 11.2 Å². The topological polar surface area (TPSA) is 55.8 Å². The Morgan fingerprint density at radius 2 is 2.00 bits per heavy atom. The third kappa shape index (κ3) is 3.25. The summed E-state index contributed by atoms with van der Waals surface area (Å²) in [6.07, 6.45) is 8.53. The van der Waals surface area contributed by atoms with E-state index in [9.17, 15) is 9.59 Å². The van der Waals surface area contributed by atoms with E-state index in [0.717, 1.165) is 39.5 Å². The molecular formula is C19H18INO4. The standard InChI is InChI=1S/C19H18INO4/c1-4-24-19(23)25-17-14-7-5-6-8-21(14)18(22)16(17)15-11(2)9-13(20)10-12(15)3/h1,9-10,14H,5-8H2,2-3H3. The molecule has 25 heavy (non-hydrogen) atoms. The van der Waals surface area contributed by atoms with Crippen molar-refractivity contribution in [2.45, 2.75) is 39.2 Å². The second-order valence-electron chi connectivity index (χ2n) is 6.24. The minimum absolute atomic E-state index is 0.0967. The number of terminal acetylenes is 1. The SMILES string of the molecule is C#COC(=O)OC1=C(c2c(C)cc(I)cc2C)C(=O)N2CCCCC12. The van der Waals surface area contributed by atoms with Crippen molar-refractivity contribution >= 4 is 40.2 Å². The van der Waals surface area contributed by atoms with Gasteiger partial charge in [0.2, 0.25) is 0 Å². The highest BCUT2D eigenvalue weighted by Crippen LogP contribution is 2.40. The molecule has 1 fully saturated rings. The second kappa shape index (κ2) is 7.08. The molecule has 6 heteroatoms. The first-order chi connectivity index (χ1) is 11.9. The molecule has 2 heterocycles. The summed E-state index contributed by atoms with van der Waals surface area (Å²) in [5.74, 6) is 0.262. The number of carbonyl (C=O) groups is 2. The van der Waals surface area contributed by atoms with Crippen molar-refractivity contribution in [1.29, 1.82) is 0 Å². The van der Waals surface area contributed by atoms with Gasteiger partial charge in [-0.3, -0.25) is 4.79 Å². The van der Waals surface area contributed by atoms with Gasteiger partial charge in [-0.15, -0.1) is 0 Å². The summed E-state index contributed by atoms with van der Waals surface area (Å²) in [5.41, 5.74) is 3.22. The molecule has 1 atom stereocenters. The lowest BCUT2D eigenvalue weighted by Gasteiger charge is -2.30. The summed E-state index contributed by atoms with van der Waals surface area (Å²) >= 11 is 2.25. The van der Waals surface area contributed by atoms with E-state index in [2.05, 4.69) is 27.3 Å². The van der Waals surface area contributed by atoms with Crippen LogP contribution in [0.25, 0.3) is 5.57 Å². The zero-order chi connectivity index (χ0) is 18.1. The van der Waals surface area contributed by atoms with Crippen LogP contribution in [0.3, 0.4) is 0 Å². The van der Waals surface area contributed by atoms with E-state index < -0.39 is 6.16 Å². The molecule has 3 rings (SSSR count). The minimum atomic E-state index is -0.976.